The molecule has 1 aliphatic rings. The predicted octanol–water partition coefficient (Wildman–Crippen LogP) is 1.44. The SMILES string of the molecule is C[C@H](C1CC1)n1cc(N)cn1. The van der Waals surface area contributed by atoms with E-state index in [1.54, 1.807) is 6.20 Å². The van der Waals surface area contributed by atoms with Crippen LogP contribution in [0.25, 0.3) is 0 Å². The van der Waals surface area contributed by atoms with Crippen molar-refractivity contribution in [2.24, 2.45) is 5.92 Å². The molecule has 2 N–H and O–H groups in total. The standard InChI is InChI=1S/C8H13N3/c1-6(7-2-3-7)11-5-8(9)4-10-11/h4-7H,2-3,9H2,1H3/t6-/m1/s1. The Hall–Kier alpha value is -0.990. The highest BCUT2D eigenvalue weighted by Crippen LogP contribution is 2.39. The lowest BCUT2D eigenvalue weighted by Crippen LogP contribution is -2.06. The minimum Gasteiger partial charge on any atom is -0.396 e. The van der Waals surface area contributed by atoms with Gasteiger partial charge in [-0.05, 0) is 25.7 Å². The summed E-state index contributed by atoms with van der Waals surface area (Å²) in [6, 6.07) is 0.535. The quantitative estimate of drug-likeness (QED) is 0.695. The van der Waals surface area contributed by atoms with E-state index in [9.17, 15) is 0 Å². The van der Waals surface area contributed by atoms with Gasteiger partial charge in [0.2, 0.25) is 0 Å². The van der Waals surface area contributed by atoms with Crippen LogP contribution < -0.4 is 5.73 Å². The van der Waals surface area contributed by atoms with E-state index >= 15 is 0 Å². The molecule has 1 heterocycles. The maximum atomic E-state index is 5.55. The molecule has 1 saturated carbocycles. The van der Waals surface area contributed by atoms with Gasteiger partial charge in [-0.2, -0.15) is 5.10 Å². The fraction of sp³-hybridized carbons (Fsp3) is 0.625. The van der Waals surface area contributed by atoms with Crippen LogP contribution in [-0.4, -0.2) is 9.78 Å². The van der Waals surface area contributed by atoms with Crippen LogP contribution in [0.4, 0.5) is 5.69 Å². The Labute approximate surface area is 66.2 Å². The summed E-state index contributed by atoms with van der Waals surface area (Å²) in [5.74, 6) is 0.842. The number of hydrogen-bond donors (Lipinski definition) is 1. The molecule has 1 aliphatic carbocycles. The molecular formula is C8H13N3. The molecule has 1 atom stereocenters. The van der Waals surface area contributed by atoms with E-state index in [1.807, 2.05) is 10.9 Å². The van der Waals surface area contributed by atoms with E-state index in [4.69, 9.17) is 5.73 Å². The van der Waals surface area contributed by atoms with Gasteiger partial charge in [0.25, 0.3) is 0 Å². The van der Waals surface area contributed by atoms with Crippen molar-refractivity contribution in [3.8, 4) is 0 Å². The molecule has 0 saturated heterocycles. The Morgan fingerprint density at radius 3 is 2.91 bits per heavy atom. The molecule has 1 fully saturated rings. The van der Waals surface area contributed by atoms with Crippen molar-refractivity contribution >= 4 is 5.69 Å². The molecule has 3 nitrogen and oxygen atoms in total. The molecule has 0 spiro atoms. The van der Waals surface area contributed by atoms with E-state index in [-0.39, 0.29) is 0 Å². The van der Waals surface area contributed by atoms with Crippen LogP contribution in [0.2, 0.25) is 0 Å². The molecule has 0 bridgehead atoms. The molecule has 1 aromatic heterocycles. The van der Waals surface area contributed by atoms with Crippen molar-refractivity contribution in [2.45, 2.75) is 25.8 Å². The van der Waals surface area contributed by atoms with Crippen molar-refractivity contribution in [3.63, 3.8) is 0 Å². The van der Waals surface area contributed by atoms with Crippen LogP contribution in [0.5, 0.6) is 0 Å². The molecule has 0 unspecified atom stereocenters. The van der Waals surface area contributed by atoms with Crippen LogP contribution in [0.15, 0.2) is 12.4 Å². The number of nitrogens with two attached hydrogens (primary N) is 1. The summed E-state index contributed by atoms with van der Waals surface area (Å²) in [5.41, 5.74) is 6.32. The Balaban J connectivity index is 2.14. The van der Waals surface area contributed by atoms with Gasteiger partial charge in [0.15, 0.2) is 0 Å². The molecule has 0 radical (unpaired) electrons. The van der Waals surface area contributed by atoms with E-state index in [0.29, 0.717) is 6.04 Å². The summed E-state index contributed by atoms with van der Waals surface area (Å²) in [7, 11) is 0. The first-order valence-electron chi connectivity index (χ1n) is 4.07. The third-order valence-corrected chi connectivity index (χ3v) is 2.34. The highest BCUT2D eigenvalue weighted by Gasteiger charge is 2.29. The van der Waals surface area contributed by atoms with Gasteiger partial charge in [-0.15, -0.1) is 0 Å². The predicted molar refractivity (Wildman–Crippen MR) is 44.1 cm³/mol. The molecule has 0 aromatic carbocycles. The minimum atomic E-state index is 0.535. The average Bonchev–Trinajstić information content (AvgIpc) is 2.74. The van der Waals surface area contributed by atoms with Crippen molar-refractivity contribution in [3.05, 3.63) is 12.4 Å². The Bertz CT molecular complexity index is 250. The largest absolute Gasteiger partial charge is 0.396 e. The van der Waals surface area contributed by atoms with Crippen LogP contribution in [0.3, 0.4) is 0 Å². The number of nitrogens with zero attached hydrogens (tertiary/aromatic N) is 2. The summed E-state index contributed by atoms with van der Waals surface area (Å²) >= 11 is 0. The lowest BCUT2D eigenvalue weighted by atomic mass is 10.2. The molecule has 60 valence electrons. The summed E-state index contributed by atoms with van der Waals surface area (Å²) < 4.78 is 1.97. The van der Waals surface area contributed by atoms with Gasteiger partial charge >= 0.3 is 0 Å². The van der Waals surface area contributed by atoms with Gasteiger partial charge in [-0.3, -0.25) is 4.68 Å². The minimum absolute atomic E-state index is 0.535. The maximum absolute atomic E-state index is 5.55. The maximum Gasteiger partial charge on any atom is 0.0719 e. The Kier molecular flexibility index (Phi) is 1.37. The van der Waals surface area contributed by atoms with Crippen molar-refractivity contribution in [2.75, 3.05) is 5.73 Å². The van der Waals surface area contributed by atoms with Crippen LogP contribution in [0.1, 0.15) is 25.8 Å². The smallest absolute Gasteiger partial charge is 0.0719 e. The molecular weight excluding hydrogens is 138 g/mol. The van der Waals surface area contributed by atoms with Gasteiger partial charge in [-0.25, -0.2) is 0 Å². The van der Waals surface area contributed by atoms with E-state index in [0.717, 1.165) is 11.6 Å². The number of rotatable bonds is 2. The second-order valence-corrected chi connectivity index (χ2v) is 3.33. The number of aromatic nitrogens is 2. The topological polar surface area (TPSA) is 43.8 Å². The van der Waals surface area contributed by atoms with Gasteiger partial charge in [0, 0.05) is 6.20 Å². The summed E-state index contributed by atoms with van der Waals surface area (Å²) in [6.07, 6.45) is 6.31. The Morgan fingerprint density at radius 1 is 1.73 bits per heavy atom. The lowest BCUT2D eigenvalue weighted by molar-refractivity contribution is 0.440. The Morgan fingerprint density at radius 2 is 2.45 bits per heavy atom. The molecule has 11 heavy (non-hydrogen) atoms. The number of hydrogen-bond acceptors (Lipinski definition) is 2. The molecule has 1 aromatic rings. The van der Waals surface area contributed by atoms with Gasteiger partial charge < -0.3 is 5.73 Å². The zero-order valence-electron chi connectivity index (χ0n) is 6.70. The second-order valence-electron chi connectivity index (χ2n) is 3.33. The first-order valence-corrected chi connectivity index (χ1v) is 4.07. The van der Waals surface area contributed by atoms with Crippen molar-refractivity contribution in [1.82, 2.24) is 9.78 Å². The molecule has 0 amide bonds. The first kappa shape index (κ1) is 6.70. The normalized spacial score (nSPS) is 20.1. The van der Waals surface area contributed by atoms with E-state index in [1.165, 1.54) is 12.8 Å². The van der Waals surface area contributed by atoms with Gasteiger partial charge in [-0.1, -0.05) is 0 Å². The van der Waals surface area contributed by atoms with Crippen LogP contribution in [0, 0.1) is 5.92 Å². The number of anilines is 1. The molecule has 2 rings (SSSR count). The van der Waals surface area contributed by atoms with Crippen molar-refractivity contribution < 1.29 is 0 Å². The fourth-order valence-corrected chi connectivity index (χ4v) is 1.37. The average molecular weight is 151 g/mol. The van der Waals surface area contributed by atoms with Crippen molar-refractivity contribution in [1.29, 1.82) is 0 Å². The summed E-state index contributed by atoms with van der Waals surface area (Å²) in [6.45, 7) is 2.20. The van der Waals surface area contributed by atoms with Gasteiger partial charge in [0.1, 0.15) is 0 Å². The fourth-order valence-electron chi connectivity index (χ4n) is 1.37. The first-order chi connectivity index (χ1) is 5.27. The highest BCUT2D eigenvalue weighted by molar-refractivity contribution is 5.30. The lowest BCUT2D eigenvalue weighted by Gasteiger charge is -2.09. The zero-order chi connectivity index (χ0) is 7.84. The number of nitrogen functional groups attached to an aromatic ring is 1. The van der Waals surface area contributed by atoms with E-state index < -0.39 is 0 Å². The summed E-state index contributed by atoms with van der Waals surface area (Å²) in [5, 5.41) is 4.17. The third kappa shape index (κ3) is 1.23. The molecule has 3 heteroatoms. The molecule has 0 aliphatic heterocycles. The van der Waals surface area contributed by atoms with Gasteiger partial charge in [0.05, 0.1) is 17.9 Å². The van der Waals surface area contributed by atoms with E-state index in [2.05, 4.69) is 12.0 Å². The third-order valence-electron chi connectivity index (χ3n) is 2.34. The monoisotopic (exact) mass is 151 g/mol. The summed E-state index contributed by atoms with van der Waals surface area (Å²) in [4.78, 5) is 0. The highest BCUT2D eigenvalue weighted by atomic mass is 15.3. The van der Waals surface area contributed by atoms with Crippen LogP contribution in [-0.2, 0) is 0 Å². The van der Waals surface area contributed by atoms with Crippen LogP contribution >= 0.6 is 0 Å². The zero-order valence-corrected chi connectivity index (χ0v) is 6.70. The second kappa shape index (κ2) is 2.26.